The van der Waals surface area contributed by atoms with E-state index < -0.39 is 33.8 Å². The van der Waals surface area contributed by atoms with Crippen molar-refractivity contribution in [3.05, 3.63) is 36.4 Å². The smallest absolute Gasteiger partial charge is 0.448 e. The molecule has 0 saturated heterocycles. The predicted octanol–water partition coefficient (Wildman–Crippen LogP) is -0.168. The van der Waals surface area contributed by atoms with Gasteiger partial charge in [0.25, 0.3) is 5.91 Å². The maximum atomic E-state index is 11.7. The van der Waals surface area contributed by atoms with Gasteiger partial charge in [0, 0.05) is 12.6 Å². The van der Waals surface area contributed by atoms with Gasteiger partial charge in [0.1, 0.15) is 12.6 Å². The van der Waals surface area contributed by atoms with Gasteiger partial charge in [0.05, 0.1) is 18.4 Å². The summed E-state index contributed by atoms with van der Waals surface area (Å²) in [6, 6.07) is 1.48. The Morgan fingerprint density at radius 1 is 1.38 bits per heavy atom. The van der Waals surface area contributed by atoms with Crippen LogP contribution in [0.15, 0.2) is 30.8 Å². The van der Waals surface area contributed by atoms with Crippen LogP contribution in [0.1, 0.15) is 16.8 Å². The summed E-state index contributed by atoms with van der Waals surface area (Å²) in [5.41, 5.74) is 0.267. The number of aromatic nitrogens is 2. The minimum atomic E-state index is -4.41. The number of methoxy groups -OCH3 is 1. The first-order valence-corrected chi connectivity index (χ1v) is 9.54. The Labute approximate surface area is 165 Å². The summed E-state index contributed by atoms with van der Waals surface area (Å²) in [7, 11) is -1.13. The molecule has 29 heavy (non-hydrogen) atoms. The zero-order chi connectivity index (χ0) is 22.7. The van der Waals surface area contributed by atoms with E-state index in [1.807, 2.05) is 0 Å². The van der Waals surface area contributed by atoms with Crippen LogP contribution in [0, 0.1) is 0 Å². The Hall–Kier alpha value is -2.74. The molecule has 0 unspecified atom stereocenters. The molecular formula is C15H22F3N4O6S+. The molecular weight excluding hydrogens is 421 g/mol. The number of carboxylic acid groups (broad SMARTS) is 1. The molecule has 0 aliphatic carbocycles. The summed E-state index contributed by atoms with van der Waals surface area (Å²) in [5, 5.41) is 14.9. The van der Waals surface area contributed by atoms with Crippen LogP contribution in [0.25, 0.3) is 0 Å². The molecule has 164 valence electrons. The van der Waals surface area contributed by atoms with Crippen molar-refractivity contribution < 1.29 is 45.7 Å². The Morgan fingerprint density at radius 3 is 2.38 bits per heavy atom. The molecule has 1 rings (SSSR count). The van der Waals surface area contributed by atoms with Gasteiger partial charge in [-0.05, 0) is 12.1 Å². The van der Waals surface area contributed by atoms with Crippen LogP contribution >= 0.6 is 0 Å². The molecule has 1 heterocycles. The molecule has 3 N–H and O–H groups in total. The second kappa shape index (κ2) is 12.0. The van der Waals surface area contributed by atoms with E-state index in [2.05, 4.69) is 26.5 Å². The average Bonchev–Trinajstić information content (AvgIpc) is 2.65. The predicted molar refractivity (Wildman–Crippen MR) is 94.1 cm³/mol. The minimum absolute atomic E-state index is 0.0179. The Bertz CT molecular complexity index is 797. The molecule has 0 atom stereocenters. The summed E-state index contributed by atoms with van der Waals surface area (Å²) in [4.78, 5) is 22.1. The number of allylic oxidation sites excluding steroid dienone is 1. The number of ether oxygens (including phenoxy) is 1. The van der Waals surface area contributed by atoms with Gasteiger partial charge in [-0.1, -0.05) is 11.3 Å². The highest BCUT2D eigenvalue weighted by Crippen LogP contribution is 2.23. The summed E-state index contributed by atoms with van der Waals surface area (Å²) >= 11 is 0. The van der Waals surface area contributed by atoms with Crippen LogP contribution in [0.2, 0.25) is 0 Å². The van der Waals surface area contributed by atoms with Crippen LogP contribution in [-0.4, -0.2) is 63.1 Å². The number of amides is 1. The summed E-state index contributed by atoms with van der Waals surface area (Å²) in [6.45, 7) is 2.79. The summed E-state index contributed by atoms with van der Waals surface area (Å²) in [5.74, 6) is -2.76. The second-order valence-electron chi connectivity index (χ2n) is 5.23. The third-order valence-corrected chi connectivity index (χ3v) is 4.48. The molecule has 0 radical (unpaired) electrons. The third kappa shape index (κ3) is 11.6. The molecule has 0 fully saturated rings. The number of hydrogen-bond donors (Lipinski definition) is 3. The van der Waals surface area contributed by atoms with Crippen molar-refractivity contribution in [1.82, 2.24) is 15.1 Å². The fraction of sp³-hybridized carbons (Fsp3) is 0.467. The maximum absolute atomic E-state index is 11.7. The Morgan fingerprint density at radius 2 is 2.00 bits per heavy atom. The third-order valence-electron chi connectivity index (χ3n) is 3.12. The lowest BCUT2D eigenvalue weighted by Gasteiger charge is -2.06. The van der Waals surface area contributed by atoms with Crippen molar-refractivity contribution in [2.24, 2.45) is 0 Å². The van der Waals surface area contributed by atoms with Crippen molar-refractivity contribution in [2.75, 3.05) is 26.5 Å². The second-order valence-corrected chi connectivity index (χ2v) is 7.27. The quantitative estimate of drug-likeness (QED) is 0.356. The monoisotopic (exact) mass is 443 g/mol. The molecule has 0 aromatic carbocycles. The minimum Gasteiger partial charge on any atom is -0.493 e. The van der Waals surface area contributed by atoms with E-state index in [0.29, 0.717) is 0 Å². The summed E-state index contributed by atoms with van der Waals surface area (Å²) < 4.78 is 63.3. The van der Waals surface area contributed by atoms with E-state index in [1.165, 1.54) is 30.2 Å². The van der Waals surface area contributed by atoms with Crippen molar-refractivity contribution in [3.8, 4) is 0 Å². The molecule has 14 heteroatoms. The largest absolute Gasteiger partial charge is 0.493 e. The van der Waals surface area contributed by atoms with Gasteiger partial charge in [-0.3, -0.25) is 9.59 Å². The number of nitrogens with one attached hydrogen (secondary N) is 2. The van der Waals surface area contributed by atoms with E-state index >= 15 is 0 Å². The van der Waals surface area contributed by atoms with Crippen molar-refractivity contribution >= 4 is 21.9 Å². The highest BCUT2D eigenvalue weighted by atomic mass is 32.2. The van der Waals surface area contributed by atoms with Crippen LogP contribution in [0.3, 0.4) is 0 Å². The van der Waals surface area contributed by atoms with Crippen LogP contribution < -0.4 is 14.7 Å². The number of carbonyl (C=O) groups is 2. The lowest BCUT2D eigenvalue weighted by molar-refractivity contribution is -0.753. The molecule has 10 nitrogen and oxygen atoms in total. The van der Waals surface area contributed by atoms with Gasteiger partial charge in [-0.25, -0.2) is 13.1 Å². The summed E-state index contributed by atoms with van der Waals surface area (Å²) in [6.07, 6.45) is -1.69. The number of alkyl halides is 3. The highest BCUT2D eigenvalue weighted by molar-refractivity contribution is 7.89. The van der Waals surface area contributed by atoms with E-state index in [9.17, 15) is 31.2 Å². The number of sulfonamides is 1. The van der Waals surface area contributed by atoms with Crippen LogP contribution in [0.5, 0.6) is 0 Å². The van der Waals surface area contributed by atoms with Gasteiger partial charge >= 0.3 is 12.1 Å². The van der Waals surface area contributed by atoms with Gasteiger partial charge in [0.2, 0.25) is 10.0 Å². The number of aliphatic carboxylic acids is 1. The molecule has 0 aliphatic heterocycles. The Kier molecular flexibility index (Phi) is 10.8. The number of hydrogen-bond acceptors (Lipinski definition) is 6. The highest BCUT2D eigenvalue weighted by Gasteiger charge is 2.33. The van der Waals surface area contributed by atoms with Gasteiger partial charge in [0.15, 0.2) is 18.5 Å². The number of carboxylic acids is 1. The van der Waals surface area contributed by atoms with E-state index in [-0.39, 0.29) is 30.8 Å². The van der Waals surface area contributed by atoms with Crippen molar-refractivity contribution in [2.45, 2.75) is 19.1 Å². The average molecular weight is 443 g/mol. The molecule has 1 amide bonds. The van der Waals surface area contributed by atoms with Crippen molar-refractivity contribution in [3.63, 3.8) is 0 Å². The fourth-order valence-electron chi connectivity index (χ4n) is 1.48. The first-order chi connectivity index (χ1) is 13.3. The molecule has 0 aliphatic rings. The first-order valence-electron chi connectivity index (χ1n) is 7.89. The molecule has 0 spiro atoms. The van der Waals surface area contributed by atoms with E-state index in [0.717, 1.165) is 7.11 Å². The zero-order valence-corrected chi connectivity index (χ0v) is 16.5. The van der Waals surface area contributed by atoms with Crippen LogP contribution in [-0.2, 0) is 26.1 Å². The van der Waals surface area contributed by atoms with Crippen LogP contribution in [0.4, 0.5) is 13.2 Å². The first kappa shape index (κ1) is 26.3. The van der Waals surface area contributed by atoms with E-state index in [1.54, 1.807) is 0 Å². The number of aryl methyl sites for hydroxylation is 1. The molecule has 1 aromatic rings. The normalized spacial score (nSPS) is 11.1. The standard InChI is InChI=1S/C11H16N4O5S.C4H5F3O/c1-12-21(19,20)7-4-13-11(18)9-2-5-15(14-8-9)6-3-10(16)17;1-3(8-2)4(5,6)7/h2,5,8,12H,3-4,6-7H2,1H3,(H-,13,16,17,18);1H2,2H3/p+1. The maximum Gasteiger partial charge on any atom is 0.448 e. The lowest BCUT2D eigenvalue weighted by Crippen LogP contribution is -2.39. The Balaban J connectivity index is 0.000000828. The van der Waals surface area contributed by atoms with Crippen molar-refractivity contribution in [1.29, 1.82) is 0 Å². The number of nitrogens with zero attached hydrogens (tertiary/aromatic N) is 2. The fourth-order valence-corrected chi connectivity index (χ4v) is 2.05. The van der Waals surface area contributed by atoms with Gasteiger partial charge in [-0.15, -0.1) is 0 Å². The molecule has 1 aromatic heterocycles. The van der Waals surface area contributed by atoms with E-state index in [4.69, 9.17) is 5.11 Å². The topological polar surface area (TPSA) is 139 Å². The zero-order valence-electron chi connectivity index (χ0n) is 15.7. The van der Waals surface area contributed by atoms with Gasteiger partial charge < -0.3 is 15.2 Å². The number of carbonyl (C=O) groups excluding carboxylic acids is 1. The number of halogens is 3. The SMILES string of the molecule is C=C(OC)C(F)(F)F.CNS(=O)(=O)CCNC(=O)c1cc[n+](CCC(=O)O)nc1. The molecule has 0 bridgehead atoms. The number of rotatable bonds is 9. The lowest BCUT2D eigenvalue weighted by atomic mass is 10.3. The van der Waals surface area contributed by atoms with Gasteiger partial charge in [-0.2, -0.15) is 13.2 Å². The molecule has 0 saturated carbocycles.